The standard InChI is InChI=1S/C13H9F3N4/c14-13(15,16)9-3-1-2-8(6-9)10-7-20-5-4-11(17)19-12(20)18-10/h1-7H,(H2,17,18,19). The van der Waals surface area contributed by atoms with E-state index < -0.39 is 11.7 Å². The van der Waals surface area contributed by atoms with Crippen molar-refractivity contribution >= 4 is 11.6 Å². The number of benzene rings is 1. The molecule has 0 bridgehead atoms. The molecule has 0 aliphatic rings. The zero-order valence-corrected chi connectivity index (χ0v) is 10.1. The average Bonchev–Trinajstić information content (AvgIpc) is 2.81. The van der Waals surface area contributed by atoms with Crippen molar-refractivity contribution in [3.8, 4) is 11.3 Å². The van der Waals surface area contributed by atoms with E-state index in [4.69, 9.17) is 5.73 Å². The molecule has 0 fully saturated rings. The van der Waals surface area contributed by atoms with E-state index in [1.165, 1.54) is 6.07 Å². The van der Waals surface area contributed by atoms with Gasteiger partial charge < -0.3 is 5.73 Å². The summed E-state index contributed by atoms with van der Waals surface area (Å²) in [4.78, 5) is 8.17. The van der Waals surface area contributed by atoms with Crippen LogP contribution in [0.3, 0.4) is 0 Å². The molecule has 20 heavy (non-hydrogen) atoms. The maximum Gasteiger partial charge on any atom is 0.416 e. The first-order chi connectivity index (χ1) is 9.43. The van der Waals surface area contributed by atoms with Gasteiger partial charge in [-0.05, 0) is 18.2 Å². The molecule has 102 valence electrons. The van der Waals surface area contributed by atoms with Gasteiger partial charge in [-0.2, -0.15) is 18.2 Å². The molecule has 0 amide bonds. The molecule has 4 nitrogen and oxygen atoms in total. The molecule has 0 aliphatic carbocycles. The minimum absolute atomic E-state index is 0.304. The number of alkyl halides is 3. The summed E-state index contributed by atoms with van der Waals surface area (Å²) in [7, 11) is 0. The molecule has 2 N–H and O–H groups in total. The molecule has 0 saturated carbocycles. The molecule has 3 rings (SSSR count). The maximum absolute atomic E-state index is 12.7. The molecular formula is C13H9F3N4. The predicted octanol–water partition coefficient (Wildman–Crippen LogP) is 3.00. The molecule has 3 aromatic rings. The number of hydrogen-bond donors (Lipinski definition) is 1. The van der Waals surface area contributed by atoms with Crippen LogP contribution in [0.1, 0.15) is 5.56 Å². The Balaban J connectivity index is 2.11. The van der Waals surface area contributed by atoms with E-state index in [2.05, 4.69) is 9.97 Å². The number of hydrogen-bond acceptors (Lipinski definition) is 3. The Labute approximate surface area is 111 Å². The molecule has 0 atom stereocenters. The van der Waals surface area contributed by atoms with E-state index in [0.29, 0.717) is 22.9 Å². The zero-order chi connectivity index (χ0) is 14.3. The third kappa shape index (κ3) is 2.18. The first-order valence-corrected chi connectivity index (χ1v) is 5.72. The number of imidazole rings is 1. The van der Waals surface area contributed by atoms with Crippen LogP contribution in [0, 0.1) is 0 Å². The minimum Gasteiger partial charge on any atom is -0.384 e. The van der Waals surface area contributed by atoms with Crippen LogP contribution in [0.5, 0.6) is 0 Å². The molecule has 2 aromatic heterocycles. The lowest BCUT2D eigenvalue weighted by Crippen LogP contribution is -2.04. The Morgan fingerprint density at radius 3 is 2.65 bits per heavy atom. The van der Waals surface area contributed by atoms with E-state index >= 15 is 0 Å². The second-order valence-electron chi connectivity index (χ2n) is 4.26. The Morgan fingerprint density at radius 2 is 1.90 bits per heavy atom. The van der Waals surface area contributed by atoms with E-state index in [9.17, 15) is 13.2 Å². The van der Waals surface area contributed by atoms with E-state index in [1.54, 1.807) is 28.9 Å². The number of nitrogens with two attached hydrogens (primary N) is 1. The maximum atomic E-state index is 12.7. The predicted molar refractivity (Wildman–Crippen MR) is 67.8 cm³/mol. The number of fused-ring (bicyclic) bond motifs is 1. The smallest absolute Gasteiger partial charge is 0.384 e. The van der Waals surface area contributed by atoms with Gasteiger partial charge in [-0.15, -0.1) is 0 Å². The van der Waals surface area contributed by atoms with Gasteiger partial charge in [-0.25, -0.2) is 4.98 Å². The largest absolute Gasteiger partial charge is 0.416 e. The van der Waals surface area contributed by atoms with Crippen LogP contribution in [-0.2, 0) is 6.18 Å². The van der Waals surface area contributed by atoms with Gasteiger partial charge in [0.1, 0.15) is 5.82 Å². The van der Waals surface area contributed by atoms with Crippen LogP contribution < -0.4 is 5.73 Å². The van der Waals surface area contributed by atoms with Gasteiger partial charge in [0.05, 0.1) is 11.3 Å². The summed E-state index contributed by atoms with van der Waals surface area (Å²) in [5.41, 5.74) is 5.62. The number of nitrogens with zero attached hydrogens (tertiary/aromatic N) is 3. The Bertz CT molecular complexity index is 777. The third-order valence-corrected chi connectivity index (χ3v) is 2.83. The summed E-state index contributed by atoms with van der Waals surface area (Å²) < 4.78 is 39.7. The van der Waals surface area contributed by atoms with Gasteiger partial charge in [-0.1, -0.05) is 12.1 Å². The molecule has 2 heterocycles. The fourth-order valence-electron chi connectivity index (χ4n) is 1.88. The van der Waals surface area contributed by atoms with Crippen molar-refractivity contribution in [2.45, 2.75) is 6.18 Å². The summed E-state index contributed by atoms with van der Waals surface area (Å²) in [5, 5.41) is 0. The van der Waals surface area contributed by atoms with Crippen molar-refractivity contribution in [2.75, 3.05) is 5.73 Å². The summed E-state index contributed by atoms with van der Waals surface area (Å²) in [6.07, 6.45) is -1.11. The molecular weight excluding hydrogens is 269 g/mol. The van der Waals surface area contributed by atoms with Crippen LogP contribution in [-0.4, -0.2) is 14.4 Å². The highest BCUT2D eigenvalue weighted by atomic mass is 19.4. The monoisotopic (exact) mass is 278 g/mol. The Hall–Kier alpha value is -2.57. The zero-order valence-electron chi connectivity index (χ0n) is 10.1. The molecule has 0 radical (unpaired) electrons. The number of anilines is 1. The first-order valence-electron chi connectivity index (χ1n) is 5.72. The summed E-state index contributed by atoms with van der Waals surface area (Å²) in [6.45, 7) is 0. The number of aromatic nitrogens is 3. The van der Waals surface area contributed by atoms with Crippen LogP contribution >= 0.6 is 0 Å². The first kappa shape index (κ1) is 12.5. The van der Waals surface area contributed by atoms with E-state index in [-0.39, 0.29) is 0 Å². The number of nitrogen functional groups attached to an aromatic ring is 1. The van der Waals surface area contributed by atoms with Crippen LogP contribution in [0.2, 0.25) is 0 Å². The van der Waals surface area contributed by atoms with Gasteiger partial charge >= 0.3 is 6.18 Å². The lowest BCUT2D eigenvalue weighted by molar-refractivity contribution is -0.137. The number of halogens is 3. The number of rotatable bonds is 1. The molecule has 1 aromatic carbocycles. The van der Waals surface area contributed by atoms with Crippen molar-refractivity contribution < 1.29 is 13.2 Å². The topological polar surface area (TPSA) is 56.2 Å². The SMILES string of the molecule is Nc1ccn2cc(-c3cccc(C(F)(F)F)c3)nc2n1. The fraction of sp³-hybridized carbons (Fsp3) is 0.0769. The normalized spacial score (nSPS) is 11.9. The van der Waals surface area contributed by atoms with Gasteiger partial charge in [0.15, 0.2) is 0 Å². The van der Waals surface area contributed by atoms with Crippen LogP contribution in [0.15, 0.2) is 42.7 Å². The summed E-state index contributed by atoms with van der Waals surface area (Å²) in [5.74, 6) is 0.649. The van der Waals surface area contributed by atoms with E-state index in [0.717, 1.165) is 12.1 Å². The Kier molecular flexibility index (Phi) is 2.63. The second-order valence-corrected chi connectivity index (χ2v) is 4.26. The van der Waals surface area contributed by atoms with Crippen LogP contribution in [0.4, 0.5) is 19.0 Å². The highest BCUT2D eigenvalue weighted by molar-refractivity contribution is 5.62. The van der Waals surface area contributed by atoms with Crippen molar-refractivity contribution in [2.24, 2.45) is 0 Å². The highest BCUT2D eigenvalue weighted by Gasteiger charge is 2.30. The second kappa shape index (κ2) is 4.22. The minimum atomic E-state index is -4.38. The summed E-state index contributed by atoms with van der Waals surface area (Å²) in [6, 6.07) is 6.59. The highest BCUT2D eigenvalue weighted by Crippen LogP contribution is 2.31. The van der Waals surface area contributed by atoms with Gasteiger partial charge in [0, 0.05) is 18.0 Å². The fourth-order valence-corrected chi connectivity index (χ4v) is 1.88. The van der Waals surface area contributed by atoms with Crippen molar-refractivity contribution in [3.63, 3.8) is 0 Å². The molecule has 0 saturated heterocycles. The lowest BCUT2D eigenvalue weighted by Gasteiger charge is -2.07. The van der Waals surface area contributed by atoms with Crippen molar-refractivity contribution in [1.82, 2.24) is 14.4 Å². The molecule has 7 heteroatoms. The lowest BCUT2D eigenvalue weighted by atomic mass is 10.1. The van der Waals surface area contributed by atoms with Gasteiger partial charge in [-0.3, -0.25) is 4.40 Å². The van der Waals surface area contributed by atoms with E-state index in [1.807, 2.05) is 0 Å². The summed E-state index contributed by atoms with van der Waals surface area (Å²) >= 11 is 0. The quantitative estimate of drug-likeness (QED) is 0.744. The Morgan fingerprint density at radius 1 is 1.10 bits per heavy atom. The van der Waals surface area contributed by atoms with Gasteiger partial charge in [0.2, 0.25) is 5.78 Å². The molecule has 0 spiro atoms. The third-order valence-electron chi connectivity index (χ3n) is 2.83. The average molecular weight is 278 g/mol. The van der Waals surface area contributed by atoms with Crippen LogP contribution in [0.25, 0.3) is 17.0 Å². The van der Waals surface area contributed by atoms with Gasteiger partial charge in [0.25, 0.3) is 0 Å². The van der Waals surface area contributed by atoms with Crippen molar-refractivity contribution in [3.05, 3.63) is 48.3 Å². The molecule has 0 unspecified atom stereocenters. The van der Waals surface area contributed by atoms with Crippen molar-refractivity contribution in [1.29, 1.82) is 0 Å². The molecule has 0 aliphatic heterocycles.